The first-order valence-electron chi connectivity index (χ1n) is 9.89. The Morgan fingerprint density at radius 3 is 1.31 bits per heavy atom. The number of Topliss-reactive ketones (excluding diaryl/α,β-unsaturated/α-hetero) is 1. The highest BCUT2D eigenvalue weighted by atomic mass is 19.4. The maximum atomic E-state index is 12.8. The van der Waals surface area contributed by atoms with E-state index in [2.05, 4.69) is 9.47 Å². The minimum atomic E-state index is -4.93. The van der Waals surface area contributed by atoms with E-state index < -0.39 is 47.4 Å². The van der Waals surface area contributed by atoms with Crippen molar-refractivity contribution in [3.63, 3.8) is 0 Å². The second kappa shape index (κ2) is 10.7. The second-order valence-electron chi connectivity index (χ2n) is 6.94. The molecule has 0 saturated carbocycles. The normalized spacial score (nSPS) is 12.0. The molecular formula is C22H18F6O7. The van der Waals surface area contributed by atoms with Crippen molar-refractivity contribution in [2.75, 3.05) is 0 Å². The maximum Gasteiger partial charge on any atom is 0.573 e. The fourth-order valence-electron chi connectivity index (χ4n) is 2.92. The molecule has 0 spiro atoms. The molecule has 0 heterocycles. The van der Waals surface area contributed by atoms with Crippen molar-refractivity contribution in [3.8, 4) is 23.0 Å². The molecule has 0 aliphatic heterocycles. The van der Waals surface area contributed by atoms with Gasteiger partial charge in [-0.05, 0) is 61.4 Å². The molecule has 0 radical (unpaired) electrons. The molecule has 190 valence electrons. The van der Waals surface area contributed by atoms with Crippen LogP contribution in [0, 0.1) is 5.41 Å². The van der Waals surface area contributed by atoms with Crippen LogP contribution in [0.4, 0.5) is 26.3 Å². The zero-order valence-corrected chi connectivity index (χ0v) is 18.2. The van der Waals surface area contributed by atoms with E-state index in [1.807, 2.05) is 0 Å². The summed E-state index contributed by atoms with van der Waals surface area (Å²) in [6.07, 6.45) is -10.2. The number of carbonyl (C=O) groups is 3. The molecule has 0 atom stereocenters. The van der Waals surface area contributed by atoms with Gasteiger partial charge in [-0.2, -0.15) is 0 Å². The van der Waals surface area contributed by atoms with Gasteiger partial charge in [0.25, 0.3) is 5.78 Å². The summed E-state index contributed by atoms with van der Waals surface area (Å²) in [6.45, 7) is 2.86. The van der Waals surface area contributed by atoms with Crippen molar-refractivity contribution >= 4 is 17.7 Å². The van der Waals surface area contributed by atoms with Crippen molar-refractivity contribution < 1.29 is 59.7 Å². The molecule has 2 rings (SSSR count). The molecule has 0 aliphatic carbocycles. The number of carbonyl (C=O) groups excluding carboxylic acids is 3. The highest BCUT2D eigenvalue weighted by Gasteiger charge is 2.48. The van der Waals surface area contributed by atoms with Gasteiger partial charge >= 0.3 is 24.7 Å². The molecule has 0 aliphatic rings. The first kappa shape index (κ1) is 27.5. The second-order valence-corrected chi connectivity index (χ2v) is 6.94. The van der Waals surface area contributed by atoms with Crippen molar-refractivity contribution in [2.45, 2.75) is 39.4 Å². The molecule has 0 bridgehead atoms. The molecule has 2 aromatic rings. The number of benzene rings is 2. The van der Waals surface area contributed by atoms with Gasteiger partial charge in [-0.1, -0.05) is 13.8 Å². The Balaban J connectivity index is 2.13. The van der Waals surface area contributed by atoms with Crippen LogP contribution in [0.5, 0.6) is 23.0 Å². The van der Waals surface area contributed by atoms with Crippen molar-refractivity contribution in [3.05, 3.63) is 48.5 Å². The highest BCUT2D eigenvalue weighted by Crippen LogP contribution is 2.33. The van der Waals surface area contributed by atoms with E-state index in [1.54, 1.807) is 0 Å². The number of rotatable bonds is 9. The summed E-state index contributed by atoms with van der Waals surface area (Å²) >= 11 is 0. The third kappa shape index (κ3) is 7.62. The molecule has 0 fully saturated rings. The quantitative estimate of drug-likeness (QED) is 0.148. The number of esters is 2. The van der Waals surface area contributed by atoms with Crippen molar-refractivity contribution in [1.29, 1.82) is 0 Å². The minimum Gasteiger partial charge on any atom is -0.426 e. The van der Waals surface area contributed by atoms with Crippen LogP contribution in [-0.4, -0.2) is 30.4 Å². The third-order valence-corrected chi connectivity index (χ3v) is 4.75. The summed E-state index contributed by atoms with van der Waals surface area (Å²) in [7, 11) is 0. The van der Waals surface area contributed by atoms with Crippen molar-refractivity contribution in [1.82, 2.24) is 0 Å². The lowest BCUT2D eigenvalue weighted by Gasteiger charge is -2.26. The summed E-state index contributed by atoms with van der Waals surface area (Å²) in [6, 6.07) is 7.39. The summed E-state index contributed by atoms with van der Waals surface area (Å²) in [5.74, 6) is -5.55. The molecular weight excluding hydrogens is 490 g/mol. The van der Waals surface area contributed by atoms with Gasteiger partial charge < -0.3 is 18.9 Å². The first-order valence-corrected chi connectivity index (χ1v) is 9.89. The number of ether oxygens (including phenoxy) is 4. The topological polar surface area (TPSA) is 88.1 Å². The minimum absolute atomic E-state index is 0.191. The van der Waals surface area contributed by atoms with E-state index in [-0.39, 0.29) is 24.3 Å². The van der Waals surface area contributed by atoms with E-state index in [9.17, 15) is 40.7 Å². The fourth-order valence-corrected chi connectivity index (χ4v) is 2.92. The van der Waals surface area contributed by atoms with Crippen LogP contribution in [0.1, 0.15) is 26.7 Å². The number of hydrogen-bond acceptors (Lipinski definition) is 7. The standard InChI is InChI=1S/C22H18F6O7/c1-3-20(4-2,19(31)33-14-7-11-16(12-8-14)35-22(26,27)28)17(29)18(30)32-13-5-9-15(10-6-13)34-21(23,24)25/h5-12H,3-4H2,1-2H3. The maximum absolute atomic E-state index is 12.8. The molecule has 2 aromatic carbocycles. The third-order valence-electron chi connectivity index (χ3n) is 4.75. The van der Waals surface area contributed by atoms with Crippen LogP contribution in [0.2, 0.25) is 0 Å². The van der Waals surface area contributed by atoms with Gasteiger partial charge in [-0.15, -0.1) is 26.3 Å². The van der Waals surface area contributed by atoms with E-state index >= 15 is 0 Å². The summed E-state index contributed by atoms with van der Waals surface area (Å²) in [5, 5.41) is 0. The Morgan fingerprint density at radius 1 is 0.629 bits per heavy atom. The molecule has 0 N–H and O–H groups in total. The molecule has 0 saturated heterocycles. The average molecular weight is 508 g/mol. The summed E-state index contributed by atoms with van der Waals surface area (Å²) < 4.78 is 90.9. The summed E-state index contributed by atoms with van der Waals surface area (Å²) in [4.78, 5) is 38.0. The van der Waals surface area contributed by atoms with Gasteiger partial charge in [0.2, 0.25) is 0 Å². The van der Waals surface area contributed by atoms with Gasteiger partial charge in [0.15, 0.2) is 0 Å². The lowest BCUT2D eigenvalue weighted by molar-refractivity contribution is -0.275. The molecule has 13 heteroatoms. The number of alkyl halides is 6. The number of hydrogen-bond donors (Lipinski definition) is 0. The zero-order chi connectivity index (χ0) is 26.4. The average Bonchev–Trinajstić information content (AvgIpc) is 2.75. The van der Waals surface area contributed by atoms with Gasteiger partial charge in [-0.25, -0.2) is 4.79 Å². The first-order chi connectivity index (χ1) is 16.2. The van der Waals surface area contributed by atoms with Crippen LogP contribution in [0.15, 0.2) is 48.5 Å². The summed E-state index contributed by atoms with van der Waals surface area (Å²) in [5.41, 5.74) is -1.99. The SMILES string of the molecule is CCC(CC)(C(=O)Oc1ccc(OC(F)(F)F)cc1)C(=O)C(=O)Oc1ccc(OC(F)(F)F)cc1. The number of halogens is 6. The lowest BCUT2D eigenvalue weighted by atomic mass is 9.78. The van der Waals surface area contributed by atoms with E-state index in [0.29, 0.717) is 0 Å². The predicted molar refractivity (Wildman–Crippen MR) is 106 cm³/mol. The Labute approximate surface area is 194 Å². The molecule has 0 aromatic heterocycles. The lowest BCUT2D eigenvalue weighted by Crippen LogP contribution is -2.46. The Morgan fingerprint density at radius 2 is 0.971 bits per heavy atom. The molecule has 0 amide bonds. The Kier molecular flexibility index (Phi) is 8.37. The smallest absolute Gasteiger partial charge is 0.426 e. The number of ketones is 1. The van der Waals surface area contributed by atoms with Crippen LogP contribution in [0.3, 0.4) is 0 Å². The van der Waals surface area contributed by atoms with Crippen LogP contribution >= 0.6 is 0 Å². The van der Waals surface area contributed by atoms with Gasteiger partial charge in [-0.3, -0.25) is 9.59 Å². The monoisotopic (exact) mass is 508 g/mol. The molecule has 7 nitrogen and oxygen atoms in total. The Bertz CT molecular complexity index is 1040. The van der Waals surface area contributed by atoms with E-state index in [0.717, 1.165) is 48.5 Å². The van der Waals surface area contributed by atoms with Gasteiger partial charge in [0.1, 0.15) is 28.4 Å². The molecule has 35 heavy (non-hydrogen) atoms. The highest BCUT2D eigenvalue weighted by molar-refractivity contribution is 6.40. The van der Waals surface area contributed by atoms with Gasteiger partial charge in [0.05, 0.1) is 0 Å². The largest absolute Gasteiger partial charge is 0.573 e. The molecule has 0 unspecified atom stereocenters. The van der Waals surface area contributed by atoms with Crippen LogP contribution < -0.4 is 18.9 Å². The van der Waals surface area contributed by atoms with E-state index in [1.165, 1.54) is 13.8 Å². The van der Waals surface area contributed by atoms with Crippen molar-refractivity contribution in [2.24, 2.45) is 5.41 Å². The fraction of sp³-hybridized carbons (Fsp3) is 0.318. The van der Waals surface area contributed by atoms with Crippen LogP contribution in [-0.2, 0) is 14.4 Å². The predicted octanol–water partition coefficient (Wildman–Crippen LogP) is 5.37. The van der Waals surface area contributed by atoms with Gasteiger partial charge in [0, 0.05) is 0 Å². The zero-order valence-electron chi connectivity index (χ0n) is 18.2. The van der Waals surface area contributed by atoms with E-state index in [4.69, 9.17) is 9.47 Å². The van der Waals surface area contributed by atoms with Crippen LogP contribution in [0.25, 0.3) is 0 Å². The Hall–Kier alpha value is -3.77.